The Morgan fingerprint density at radius 3 is 2.38 bits per heavy atom. The van der Waals surface area contributed by atoms with E-state index < -0.39 is 65.8 Å². The molecule has 1 aliphatic carbocycles. The Balaban J connectivity index is 1.08. The summed E-state index contributed by atoms with van der Waals surface area (Å²) in [6.07, 6.45) is -3.77. The van der Waals surface area contributed by atoms with Crippen molar-refractivity contribution >= 4 is 53.4 Å². The number of carboxylic acid groups (broad SMARTS) is 1. The number of benzene rings is 2. The lowest BCUT2D eigenvalue weighted by Crippen LogP contribution is -2.61. The first kappa shape index (κ1) is 55.9. The molecule has 23 heteroatoms. The summed E-state index contributed by atoms with van der Waals surface area (Å²) < 4.78 is 24.2. The number of ether oxygens (including phenoxy) is 4. The van der Waals surface area contributed by atoms with Crippen LogP contribution in [0.15, 0.2) is 53.7 Å². The number of thioether (sulfide) groups is 1. The zero-order chi connectivity index (χ0) is 54.8. The molecule has 4 aromatic rings. The average molecular weight is 1070 g/mol. The van der Waals surface area contributed by atoms with Crippen molar-refractivity contribution in [3.05, 3.63) is 88.0 Å². The minimum atomic E-state index is -1.99. The van der Waals surface area contributed by atoms with E-state index in [2.05, 4.69) is 45.6 Å². The summed E-state index contributed by atoms with van der Waals surface area (Å²) in [4.78, 5) is 78.6. The van der Waals surface area contributed by atoms with E-state index in [4.69, 9.17) is 23.9 Å². The summed E-state index contributed by atoms with van der Waals surface area (Å²) in [6, 6.07) is 12.1. The number of pyridine rings is 1. The van der Waals surface area contributed by atoms with Crippen LogP contribution in [0.25, 0.3) is 0 Å². The third-order valence-corrected chi connectivity index (χ3v) is 15.0. The van der Waals surface area contributed by atoms with Gasteiger partial charge in [-0.25, -0.2) is 19.4 Å². The van der Waals surface area contributed by atoms with E-state index in [9.17, 15) is 44.4 Å². The number of nitrogens with zero attached hydrogens (tertiary/aromatic N) is 7. The van der Waals surface area contributed by atoms with E-state index in [0.717, 1.165) is 66.3 Å². The molecular formula is C53H69N9O13S. The number of aryl methyl sites for hydroxylation is 1. The van der Waals surface area contributed by atoms with Crippen LogP contribution in [0.3, 0.4) is 0 Å². The highest BCUT2D eigenvalue weighted by Crippen LogP contribution is 2.53. The van der Waals surface area contributed by atoms with Gasteiger partial charge in [-0.05, 0) is 137 Å². The van der Waals surface area contributed by atoms with Crippen molar-refractivity contribution in [1.29, 1.82) is 0 Å². The second kappa shape index (κ2) is 23.1. The highest BCUT2D eigenvalue weighted by Gasteiger charge is 2.50. The number of aliphatic hydroxyl groups is 3. The summed E-state index contributed by atoms with van der Waals surface area (Å²) in [5, 5.41) is 55.1. The lowest BCUT2D eigenvalue weighted by atomic mass is 9.58. The standard InChI is InChI=1S/C53H69N9O13S/c1-9-61(51(71)72-27-31-12-13-37(73-48-43(65)41(63)42(64)44(74-48)47(68)69)35(17-31)45(66)54-14-15-55-50(70)75-52(4,5)6)39-20-33(53(22-30(3)23-53)49-58-56-28-59(49)7)21-40(57-39)62-26-36-34(46(62)67)18-32(19-38(36)76-8)25-60-16-10-11-29(2)24-60/h12-13,17-21,28-30,41-44,48,63-65H,9-11,14-16,22-27H2,1-8H3,(H,54,66)(H,55,70)(H,68,69)/t29-,30-,41-,42-,43+,44-,48+,53+/m0/s1. The van der Waals surface area contributed by atoms with Crippen LogP contribution >= 0.6 is 11.8 Å². The van der Waals surface area contributed by atoms with Gasteiger partial charge in [-0.2, -0.15) is 0 Å². The Morgan fingerprint density at radius 2 is 1.72 bits per heavy atom. The van der Waals surface area contributed by atoms with Gasteiger partial charge < -0.3 is 54.6 Å². The maximum Gasteiger partial charge on any atom is 0.415 e. The van der Waals surface area contributed by atoms with Gasteiger partial charge in [-0.1, -0.05) is 19.9 Å². The maximum atomic E-state index is 14.7. The minimum absolute atomic E-state index is 0.0392. The summed E-state index contributed by atoms with van der Waals surface area (Å²) in [6.45, 7) is 13.9. The van der Waals surface area contributed by atoms with Crippen LogP contribution < -0.4 is 25.2 Å². The van der Waals surface area contributed by atoms with E-state index in [-0.39, 0.29) is 55.8 Å². The molecule has 5 heterocycles. The molecule has 1 saturated carbocycles. The molecule has 0 unspecified atom stereocenters. The van der Waals surface area contributed by atoms with E-state index in [0.29, 0.717) is 28.8 Å². The zero-order valence-electron chi connectivity index (χ0n) is 44.1. The third-order valence-electron chi connectivity index (χ3n) is 14.2. The van der Waals surface area contributed by atoms with Crippen LogP contribution in [0.1, 0.15) is 116 Å². The number of hydrogen-bond donors (Lipinski definition) is 6. The first-order valence-corrected chi connectivity index (χ1v) is 26.8. The van der Waals surface area contributed by atoms with Crippen LogP contribution in [-0.2, 0) is 51.2 Å². The summed E-state index contributed by atoms with van der Waals surface area (Å²) in [7, 11) is 1.89. The van der Waals surface area contributed by atoms with Gasteiger partial charge >= 0.3 is 18.2 Å². The van der Waals surface area contributed by atoms with Gasteiger partial charge in [0.05, 0.1) is 17.5 Å². The van der Waals surface area contributed by atoms with Gasteiger partial charge in [-0.3, -0.25) is 24.3 Å². The second-order valence-corrected chi connectivity index (χ2v) is 22.1. The number of fused-ring (bicyclic) bond motifs is 1. The van der Waals surface area contributed by atoms with Crippen LogP contribution in [0.4, 0.5) is 21.2 Å². The SMILES string of the molecule is CCN(C(=O)OCc1ccc(O[C@@H]2O[C@H](C(=O)O)[C@@H](O)[C@H](O)[C@H]2O)c(C(=O)NCCNC(=O)OC(C)(C)C)c1)c1cc([C@]2(c3nncn3C)C[C@@H](C)C2)cc(N2Cc3c(SC)cc(CN4CCC[C@H](C)C4)cc3C2=O)n1. The molecule has 0 bridgehead atoms. The molecule has 22 nitrogen and oxygen atoms in total. The number of alkyl carbamates (subject to hydrolysis) is 1. The van der Waals surface area contributed by atoms with Crippen LogP contribution in [-0.4, -0.2) is 150 Å². The molecule has 6 atom stereocenters. The Morgan fingerprint density at radius 1 is 0.974 bits per heavy atom. The molecular weight excluding hydrogens is 1000 g/mol. The van der Waals surface area contributed by atoms with Gasteiger partial charge in [0.25, 0.3) is 11.8 Å². The fourth-order valence-corrected chi connectivity index (χ4v) is 11.3. The largest absolute Gasteiger partial charge is 0.479 e. The van der Waals surface area contributed by atoms with Crippen LogP contribution in [0.2, 0.25) is 0 Å². The zero-order valence-corrected chi connectivity index (χ0v) is 45.0. The van der Waals surface area contributed by atoms with Gasteiger partial charge in [0.15, 0.2) is 6.10 Å². The number of aliphatic hydroxyl groups excluding tert-OH is 3. The van der Waals surface area contributed by atoms with Crippen molar-refractivity contribution in [3.8, 4) is 5.75 Å². The smallest absolute Gasteiger partial charge is 0.415 e. The number of aromatic nitrogens is 4. The first-order chi connectivity index (χ1) is 36.1. The number of nitrogens with one attached hydrogen (secondary N) is 2. The number of aliphatic carboxylic acids is 1. The molecule has 0 radical (unpaired) electrons. The lowest BCUT2D eigenvalue weighted by Gasteiger charge is -2.46. The lowest BCUT2D eigenvalue weighted by molar-refractivity contribution is -0.271. The molecule has 3 aliphatic heterocycles. The van der Waals surface area contributed by atoms with Gasteiger partial charge in [0.1, 0.15) is 60.1 Å². The monoisotopic (exact) mass is 1070 g/mol. The Kier molecular flexibility index (Phi) is 17.0. The highest BCUT2D eigenvalue weighted by molar-refractivity contribution is 7.98. The molecule has 76 heavy (non-hydrogen) atoms. The van der Waals surface area contributed by atoms with Gasteiger partial charge in [-0.15, -0.1) is 22.0 Å². The number of piperidine rings is 1. The Hall–Kier alpha value is -6.37. The van der Waals surface area contributed by atoms with Crippen LogP contribution in [0, 0.1) is 11.8 Å². The molecule has 8 rings (SSSR count). The minimum Gasteiger partial charge on any atom is -0.479 e. The highest BCUT2D eigenvalue weighted by atomic mass is 32.2. The first-order valence-electron chi connectivity index (χ1n) is 25.6. The fraction of sp³-hybridized carbons (Fsp3) is 0.547. The number of carbonyl (C=O) groups excluding carboxylic acids is 4. The van der Waals surface area contributed by atoms with Crippen molar-refractivity contribution < 1.29 is 63.3 Å². The number of carbonyl (C=O) groups is 5. The van der Waals surface area contributed by atoms with E-state index in [1.54, 1.807) is 50.7 Å². The van der Waals surface area contributed by atoms with E-state index >= 15 is 0 Å². The number of hydrogen-bond acceptors (Lipinski definition) is 17. The van der Waals surface area contributed by atoms with Crippen molar-refractivity contribution in [2.24, 2.45) is 18.9 Å². The quantitative estimate of drug-likeness (QED) is 0.0616. The number of anilines is 2. The molecule has 4 amide bonds. The fourth-order valence-electron chi connectivity index (χ4n) is 10.6. The maximum absolute atomic E-state index is 14.7. The molecule has 2 saturated heterocycles. The van der Waals surface area contributed by atoms with Gasteiger partial charge in [0, 0.05) is 50.2 Å². The summed E-state index contributed by atoms with van der Waals surface area (Å²) in [5.41, 5.74) is 2.16. The second-order valence-electron chi connectivity index (χ2n) is 21.3. The topological polar surface area (TPSA) is 281 Å². The molecule has 2 aromatic heterocycles. The summed E-state index contributed by atoms with van der Waals surface area (Å²) in [5.74, 6) is -0.533. The molecule has 3 fully saturated rings. The Labute approximate surface area is 445 Å². The predicted octanol–water partition coefficient (Wildman–Crippen LogP) is 4.73. The molecule has 2 aromatic carbocycles. The average Bonchev–Trinajstić information content (AvgIpc) is 4.00. The number of likely N-dealkylation sites (tertiary alicyclic amines) is 1. The van der Waals surface area contributed by atoms with E-state index in [1.807, 2.05) is 36.1 Å². The van der Waals surface area contributed by atoms with Crippen molar-refractivity contribution in [3.63, 3.8) is 0 Å². The molecule has 6 N–H and O–H groups in total. The van der Waals surface area contributed by atoms with Crippen molar-refractivity contribution in [2.45, 2.75) is 134 Å². The molecule has 0 spiro atoms. The number of amides is 4. The summed E-state index contributed by atoms with van der Waals surface area (Å²) >= 11 is 1.60. The predicted molar refractivity (Wildman–Crippen MR) is 278 cm³/mol. The van der Waals surface area contributed by atoms with Crippen molar-refractivity contribution in [1.82, 2.24) is 35.3 Å². The van der Waals surface area contributed by atoms with Gasteiger partial charge in [0.2, 0.25) is 6.29 Å². The normalized spacial score (nSPS) is 24.5. The number of carboxylic acids is 1. The van der Waals surface area contributed by atoms with Crippen molar-refractivity contribution in [2.75, 3.05) is 48.8 Å². The third kappa shape index (κ3) is 12.1. The number of rotatable bonds is 17. The molecule has 410 valence electrons. The van der Waals surface area contributed by atoms with E-state index in [1.165, 1.54) is 29.5 Å². The Bertz CT molecular complexity index is 2820. The molecule has 4 aliphatic rings. The van der Waals surface area contributed by atoms with Crippen LogP contribution in [0.5, 0.6) is 5.75 Å².